The molecule has 1 rings (SSSR count). The van der Waals surface area contributed by atoms with Crippen molar-refractivity contribution in [1.82, 2.24) is 4.98 Å². The Morgan fingerprint density at radius 3 is 2.71 bits per heavy atom. The molecule has 0 aromatic carbocycles. The predicted octanol–water partition coefficient (Wildman–Crippen LogP) is -0.922. The van der Waals surface area contributed by atoms with Crippen LogP contribution in [0.1, 0.15) is 23.2 Å². The van der Waals surface area contributed by atoms with E-state index in [2.05, 4.69) is 19.8 Å². The van der Waals surface area contributed by atoms with Crippen LogP contribution in [0.2, 0.25) is 0 Å². The molecule has 0 amide bonds. The van der Waals surface area contributed by atoms with E-state index in [1.54, 1.807) is 6.07 Å². The van der Waals surface area contributed by atoms with Gasteiger partial charge < -0.3 is 17.2 Å². The molecule has 0 spiro atoms. The minimum Gasteiger partial charge on any atom is -0.370 e. The van der Waals surface area contributed by atoms with Gasteiger partial charge in [0.05, 0.1) is 5.56 Å². The Labute approximate surface area is 121 Å². The van der Waals surface area contributed by atoms with E-state index in [4.69, 9.17) is 17.2 Å². The maximum atomic E-state index is 11.5. The molecule has 1 aromatic rings. The summed E-state index contributed by atoms with van der Waals surface area (Å²) in [7, 11) is 0. The summed E-state index contributed by atoms with van der Waals surface area (Å²) in [4.78, 5) is 39.2. The summed E-state index contributed by atoms with van der Waals surface area (Å²) in [6.45, 7) is 0.346. The molecule has 0 saturated carbocycles. The van der Waals surface area contributed by atoms with Gasteiger partial charge in [-0.2, -0.15) is 0 Å². The monoisotopic (exact) mass is 295 g/mol. The first kappa shape index (κ1) is 16.4. The lowest BCUT2D eigenvalue weighted by Crippen LogP contribution is -2.33. The number of pyridine rings is 1. The van der Waals surface area contributed by atoms with E-state index in [0.29, 0.717) is 19.4 Å². The Kier molecular flexibility index (Phi) is 6.61. The molecule has 0 radical (unpaired) electrons. The van der Waals surface area contributed by atoms with Gasteiger partial charge in [-0.3, -0.25) is 9.98 Å². The van der Waals surface area contributed by atoms with Crippen molar-refractivity contribution in [3.05, 3.63) is 30.1 Å². The summed E-state index contributed by atoms with van der Waals surface area (Å²) < 4.78 is 0. The van der Waals surface area contributed by atoms with E-state index in [-0.39, 0.29) is 11.5 Å². The molecule has 0 saturated heterocycles. The van der Waals surface area contributed by atoms with Crippen LogP contribution in [0.5, 0.6) is 0 Å². The molecule has 114 valence electrons. The molecule has 0 aliphatic rings. The second kappa shape index (κ2) is 8.48. The quantitative estimate of drug-likeness (QED) is 0.200. The Morgan fingerprint density at radius 2 is 2.10 bits per heavy atom. The molecular weight excluding hydrogens is 278 g/mol. The van der Waals surface area contributed by atoms with Gasteiger partial charge in [-0.15, -0.1) is 0 Å². The molecule has 1 unspecified atom stereocenters. The minimum atomic E-state index is -0.930. The average molecular weight is 295 g/mol. The zero-order valence-electron chi connectivity index (χ0n) is 11.3. The Hall–Kier alpha value is -2.68. The molecule has 9 nitrogen and oxygen atoms in total. The van der Waals surface area contributed by atoms with Gasteiger partial charge in [-0.1, -0.05) is 0 Å². The molecule has 1 atom stereocenters. The maximum absolute atomic E-state index is 11.5. The molecule has 9 heteroatoms. The van der Waals surface area contributed by atoms with Gasteiger partial charge in [0.15, 0.2) is 5.96 Å². The van der Waals surface area contributed by atoms with Crippen LogP contribution in [0.3, 0.4) is 0 Å². The van der Waals surface area contributed by atoms with Crippen molar-refractivity contribution in [2.45, 2.75) is 18.9 Å². The van der Waals surface area contributed by atoms with E-state index in [1.807, 2.05) is 0 Å². The van der Waals surface area contributed by atoms with Crippen LogP contribution in [-0.4, -0.2) is 35.5 Å². The van der Waals surface area contributed by atoms with Crippen LogP contribution < -0.4 is 17.2 Å². The summed E-state index contributed by atoms with van der Waals surface area (Å²) in [5.41, 5.74) is 16.0. The predicted molar refractivity (Wildman–Crippen MR) is 73.6 cm³/mol. The van der Waals surface area contributed by atoms with Crippen LogP contribution in [0.25, 0.3) is 0 Å². The van der Waals surface area contributed by atoms with Crippen LogP contribution in [0.4, 0.5) is 0 Å². The van der Waals surface area contributed by atoms with E-state index < -0.39 is 18.0 Å². The Morgan fingerprint density at radius 1 is 1.33 bits per heavy atom. The number of carbonyl (C=O) groups excluding carboxylic acids is 2. The summed E-state index contributed by atoms with van der Waals surface area (Å²) in [6, 6.07) is 2.09. The third-order valence-corrected chi connectivity index (χ3v) is 2.37. The second-order valence-electron chi connectivity index (χ2n) is 4.07. The molecule has 1 heterocycles. The fourth-order valence-electron chi connectivity index (χ4n) is 1.31. The first-order valence-electron chi connectivity index (χ1n) is 6.14. The maximum Gasteiger partial charge on any atom is 0.387 e. The summed E-state index contributed by atoms with van der Waals surface area (Å²) in [6.07, 6.45) is 3.56. The third-order valence-electron chi connectivity index (χ3n) is 2.37. The molecule has 0 fully saturated rings. The lowest BCUT2D eigenvalue weighted by Gasteiger charge is -2.08. The van der Waals surface area contributed by atoms with Crippen molar-refractivity contribution in [1.29, 1.82) is 0 Å². The molecule has 0 bridgehead atoms. The van der Waals surface area contributed by atoms with Gasteiger partial charge in [0.2, 0.25) is 0 Å². The zero-order valence-corrected chi connectivity index (χ0v) is 11.3. The van der Waals surface area contributed by atoms with Crippen LogP contribution >= 0.6 is 0 Å². The van der Waals surface area contributed by atoms with E-state index >= 15 is 0 Å². The van der Waals surface area contributed by atoms with E-state index in [0.717, 1.165) is 0 Å². The lowest BCUT2D eigenvalue weighted by molar-refractivity contribution is -0.235. The first-order chi connectivity index (χ1) is 10.0. The second-order valence-corrected chi connectivity index (χ2v) is 4.07. The number of hydrogen-bond acceptors (Lipinski definition) is 7. The normalized spacial score (nSPS) is 11.3. The summed E-state index contributed by atoms with van der Waals surface area (Å²) >= 11 is 0. The SMILES string of the molecule is NC(N)=NCCCC(N)C(=O)OOC(=O)c1cccnc1. The number of carbonyl (C=O) groups is 2. The van der Waals surface area contributed by atoms with E-state index in [9.17, 15) is 9.59 Å². The third kappa shape index (κ3) is 6.34. The highest BCUT2D eigenvalue weighted by Gasteiger charge is 2.18. The largest absolute Gasteiger partial charge is 0.387 e. The number of nitrogens with zero attached hydrogens (tertiary/aromatic N) is 2. The Bertz CT molecular complexity index is 502. The molecule has 21 heavy (non-hydrogen) atoms. The van der Waals surface area contributed by atoms with Gasteiger partial charge in [0, 0.05) is 18.9 Å². The fourth-order valence-corrected chi connectivity index (χ4v) is 1.31. The topological polar surface area (TPSA) is 156 Å². The average Bonchev–Trinajstić information content (AvgIpc) is 2.49. The van der Waals surface area contributed by atoms with Crippen LogP contribution in [-0.2, 0) is 14.6 Å². The summed E-state index contributed by atoms with van der Waals surface area (Å²) in [5, 5.41) is 0. The van der Waals surface area contributed by atoms with Crippen LogP contribution in [0.15, 0.2) is 29.5 Å². The van der Waals surface area contributed by atoms with Crippen molar-refractivity contribution in [3.8, 4) is 0 Å². The fraction of sp³-hybridized carbons (Fsp3) is 0.333. The molecular formula is C12H17N5O4. The van der Waals surface area contributed by atoms with Gasteiger partial charge in [-0.05, 0) is 25.0 Å². The highest BCUT2D eigenvalue weighted by Crippen LogP contribution is 2.02. The van der Waals surface area contributed by atoms with Gasteiger partial charge in [-0.25, -0.2) is 19.4 Å². The number of rotatable bonds is 6. The van der Waals surface area contributed by atoms with Crippen molar-refractivity contribution < 1.29 is 19.4 Å². The van der Waals surface area contributed by atoms with Crippen molar-refractivity contribution in [2.24, 2.45) is 22.2 Å². The van der Waals surface area contributed by atoms with Gasteiger partial charge in [0.1, 0.15) is 6.04 Å². The standard InChI is InChI=1S/C12H17N5O4/c13-9(4-2-6-17-12(14)15)11(19)21-20-10(18)8-3-1-5-16-7-8/h1,3,5,7,9H,2,4,6,13H2,(H4,14,15,17). The molecule has 6 N–H and O–H groups in total. The highest BCUT2D eigenvalue weighted by atomic mass is 17.2. The Balaban J connectivity index is 2.29. The van der Waals surface area contributed by atoms with Crippen LogP contribution in [0, 0.1) is 0 Å². The number of guanidine groups is 1. The van der Waals surface area contributed by atoms with Crippen molar-refractivity contribution >= 4 is 17.9 Å². The summed E-state index contributed by atoms with van der Waals surface area (Å²) in [5.74, 6) is -1.71. The zero-order chi connectivity index (χ0) is 15.7. The lowest BCUT2D eigenvalue weighted by atomic mass is 10.2. The number of hydrogen-bond donors (Lipinski definition) is 3. The molecule has 0 aliphatic carbocycles. The van der Waals surface area contributed by atoms with Crippen molar-refractivity contribution in [3.63, 3.8) is 0 Å². The number of aromatic nitrogens is 1. The molecule has 0 aliphatic heterocycles. The van der Waals surface area contributed by atoms with Crippen molar-refractivity contribution in [2.75, 3.05) is 6.54 Å². The number of aliphatic imine (C=N–C) groups is 1. The van der Waals surface area contributed by atoms with Gasteiger partial charge in [0.25, 0.3) is 0 Å². The minimum absolute atomic E-state index is 0.0310. The molecule has 1 aromatic heterocycles. The first-order valence-corrected chi connectivity index (χ1v) is 6.14. The van der Waals surface area contributed by atoms with Gasteiger partial charge >= 0.3 is 11.9 Å². The van der Waals surface area contributed by atoms with E-state index in [1.165, 1.54) is 18.5 Å². The highest BCUT2D eigenvalue weighted by molar-refractivity contribution is 5.89. The smallest absolute Gasteiger partial charge is 0.370 e. The number of nitrogens with two attached hydrogens (primary N) is 3.